The minimum Gasteiger partial charge on any atom is -0.333 e. The molecule has 1 fully saturated rings. The normalized spacial score (nSPS) is 25.4. The molecule has 54 valence electrons. The lowest BCUT2D eigenvalue weighted by molar-refractivity contribution is 0.546. The van der Waals surface area contributed by atoms with Gasteiger partial charge in [-0.05, 0) is 13.0 Å². The molecule has 1 aromatic rings. The number of nitrogens with zero attached hydrogens (tertiary/aromatic N) is 2. The molecule has 2 heterocycles. The summed E-state index contributed by atoms with van der Waals surface area (Å²) < 4.78 is 2.17. The Bertz CT molecular complexity index is 187. The maximum Gasteiger partial charge on any atom is 0.0948 e. The lowest BCUT2D eigenvalue weighted by atomic mass is 10.3. The zero-order valence-corrected chi connectivity index (χ0v) is 5.83. The van der Waals surface area contributed by atoms with Crippen LogP contribution in [-0.4, -0.2) is 22.6 Å². The van der Waals surface area contributed by atoms with E-state index in [1.165, 1.54) is 6.42 Å². The molecule has 10 heavy (non-hydrogen) atoms. The van der Waals surface area contributed by atoms with Crippen molar-refractivity contribution in [2.75, 3.05) is 13.1 Å². The molecule has 0 bridgehead atoms. The Hall–Kier alpha value is -0.830. The predicted octanol–water partition coefficient (Wildman–Crippen LogP) is 0.418. The maximum atomic E-state index is 4.00. The summed E-state index contributed by atoms with van der Waals surface area (Å²) in [5.41, 5.74) is 0. The van der Waals surface area contributed by atoms with E-state index < -0.39 is 0 Å². The third-order valence-electron chi connectivity index (χ3n) is 1.98. The van der Waals surface area contributed by atoms with Crippen LogP contribution < -0.4 is 5.32 Å². The number of nitrogens with one attached hydrogen (secondary N) is 1. The average molecular weight is 137 g/mol. The van der Waals surface area contributed by atoms with Crippen molar-refractivity contribution in [3.8, 4) is 0 Å². The van der Waals surface area contributed by atoms with Gasteiger partial charge in [-0.3, -0.25) is 0 Å². The van der Waals surface area contributed by atoms with Crippen LogP contribution in [0.4, 0.5) is 0 Å². The highest BCUT2D eigenvalue weighted by molar-refractivity contribution is 4.84. The molecular formula is C7H11N3. The van der Waals surface area contributed by atoms with E-state index in [0.717, 1.165) is 13.1 Å². The van der Waals surface area contributed by atoms with Gasteiger partial charge in [-0.2, -0.15) is 0 Å². The van der Waals surface area contributed by atoms with Crippen molar-refractivity contribution in [2.45, 2.75) is 12.5 Å². The van der Waals surface area contributed by atoms with Crippen LogP contribution in [0.15, 0.2) is 18.7 Å². The smallest absolute Gasteiger partial charge is 0.0948 e. The molecule has 0 saturated carbocycles. The molecule has 1 atom stereocenters. The summed E-state index contributed by atoms with van der Waals surface area (Å²) in [5, 5.41) is 3.31. The molecule has 0 unspecified atom stereocenters. The third kappa shape index (κ3) is 0.926. The van der Waals surface area contributed by atoms with Crippen LogP contribution in [0.25, 0.3) is 0 Å². The van der Waals surface area contributed by atoms with Gasteiger partial charge in [0.1, 0.15) is 0 Å². The summed E-state index contributed by atoms with van der Waals surface area (Å²) in [5.74, 6) is 0. The first kappa shape index (κ1) is 5.92. The standard InChI is InChI=1S/C7H11N3/c1-2-8-5-7(1)10-4-3-9-6-10/h3-4,6-8H,1-2,5H2/t7-/m1/s1. The fourth-order valence-corrected chi connectivity index (χ4v) is 1.38. The molecule has 0 aliphatic carbocycles. The van der Waals surface area contributed by atoms with Crippen molar-refractivity contribution in [1.29, 1.82) is 0 Å². The van der Waals surface area contributed by atoms with E-state index in [-0.39, 0.29) is 0 Å². The van der Waals surface area contributed by atoms with Gasteiger partial charge in [-0.15, -0.1) is 0 Å². The van der Waals surface area contributed by atoms with Gasteiger partial charge in [0.2, 0.25) is 0 Å². The summed E-state index contributed by atoms with van der Waals surface area (Å²) >= 11 is 0. The van der Waals surface area contributed by atoms with Crippen molar-refractivity contribution < 1.29 is 0 Å². The molecule has 1 N–H and O–H groups in total. The van der Waals surface area contributed by atoms with Crippen LogP contribution in [-0.2, 0) is 0 Å². The SMILES string of the molecule is c1cn([C@@H]2CCNC2)cn1. The van der Waals surface area contributed by atoms with Gasteiger partial charge in [0.15, 0.2) is 0 Å². The first-order chi connectivity index (χ1) is 4.97. The van der Waals surface area contributed by atoms with Gasteiger partial charge < -0.3 is 9.88 Å². The highest BCUT2D eigenvalue weighted by atomic mass is 15.1. The molecule has 2 rings (SSSR count). The van der Waals surface area contributed by atoms with E-state index in [1.807, 2.05) is 18.7 Å². The Morgan fingerprint density at radius 1 is 1.60 bits per heavy atom. The van der Waals surface area contributed by atoms with Crippen LogP contribution in [0.1, 0.15) is 12.5 Å². The van der Waals surface area contributed by atoms with E-state index in [9.17, 15) is 0 Å². The number of imidazole rings is 1. The van der Waals surface area contributed by atoms with E-state index in [2.05, 4.69) is 14.9 Å². The molecule has 0 amide bonds. The van der Waals surface area contributed by atoms with Gasteiger partial charge >= 0.3 is 0 Å². The molecule has 0 radical (unpaired) electrons. The van der Waals surface area contributed by atoms with E-state index in [1.54, 1.807) is 0 Å². The van der Waals surface area contributed by atoms with Crippen molar-refractivity contribution >= 4 is 0 Å². The Balaban J connectivity index is 2.12. The lowest BCUT2D eigenvalue weighted by Crippen LogP contribution is -2.11. The van der Waals surface area contributed by atoms with Crippen LogP contribution in [0.3, 0.4) is 0 Å². The molecule has 1 saturated heterocycles. The predicted molar refractivity (Wildman–Crippen MR) is 38.8 cm³/mol. The molecule has 0 aromatic carbocycles. The quantitative estimate of drug-likeness (QED) is 0.608. The van der Waals surface area contributed by atoms with E-state index in [4.69, 9.17) is 0 Å². The third-order valence-corrected chi connectivity index (χ3v) is 1.98. The Morgan fingerprint density at radius 3 is 3.20 bits per heavy atom. The van der Waals surface area contributed by atoms with Crippen molar-refractivity contribution in [3.05, 3.63) is 18.7 Å². The Kier molecular flexibility index (Phi) is 1.43. The van der Waals surface area contributed by atoms with Crippen LogP contribution in [0.2, 0.25) is 0 Å². The minimum atomic E-state index is 0.641. The Morgan fingerprint density at radius 2 is 2.60 bits per heavy atom. The maximum absolute atomic E-state index is 4.00. The van der Waals surface area contributed by atoms with Crippen LogP contribution >= 0.6 is 0 Å². The fraction of sp³-hybridized carbons (Fsp3) is 0.571. The molecule has 3 heteroatoms. The van der Waals surface area contributed by atoms with Crippen molar-refractivity contribution in [1.82, 2.24) is 14.9 Å². The minimum absolute atomic E-state index is 0.641. The molecule has 3 nitrogen and oxygen atoms in total. The van der Waals surface area contributed by atoms with E-state index in [0.29, 0.717) is 6.04 Å². The summed E-state index contributed by atoms with van der Waals surface area (Å²) in [7, 11) is 0. The first-order valence-electron chi connectivity index (χ1n) is 3.65. The summed E-state index contributed by atoms with van der Waals surface area (Å²) in [6.07, 6.45) is 6.98. The van der Waals surface area contributed by atoms with Gasteiger partial charge in [0.25, 0.3) is 0 Å². The molecule has 0 spiro atoms. The highest BCUT2D eigenvalue weighted by Gasteiger charge is 2.14. The zero-order valence-electron chi connectivity index (χ0n) is 5.83. The van der Waals surface area contributed by atoms with Crippen molar-refractivity contribution in [2.24, 2.45) is 0 Å². The van der Waals surface area contributed by atoms with E-state index >= 15 is 0 Å². The lowest BCUT2D eigenvalue weighted by Gasteiger charge is -2.07. The second-order valence-corrected chi connectivity index (χ2v) is 2.66. The first-order valence-corrected chi connectivity index (χ1v) is 3.65. The Labute approximate surface area is 60.1 Å². The summed E-state index contributed by atoms with van der Waals surface area (Å²) in [4.78, 5) is 4.00. The topological polar surface area (TPSA) is 29.9 Å². The number of rotatable bonds is 1. The average Bonchev–Trinajstić information content (AvgIpc) is 2.59. The van der Waals surface area contributed by atoms with Gasteiger partial charge in [-0.1, -0.05) is 0 Å². The van der Waals surface area contributed by atoms with Gasteiger partial charge in [0.05, 0.1) is 6.33 Å². The molecule has 1 aliphatic heterocycles. The molecular weight excluding hydrogens is 126 g/mol. The number of hydrogen-bond donors (Lipinski definition) is 1. The zero-order chi connectivity index (χ0) is 6.81. The largest absolute Gasteiger partial charge is 0.333 e. The highest BCUT2D eigenvalue weighted by Crippen LogP contribution is 2.12. The van der Waals surface area contributed by atoms with Gasteiger partial charge in [-0.25, -0.2) is 4.98 Å². The molecule has 1 aromatic heterocycles. The summed E-state index contributed by atoms with van der Waals surface area (Å²) in [6.45, 7) is 2.24. The summed E-state index contributed by atoms with van der Waals surface area (Å²) in [6, 6.07) is 0.641. The number of hydrogen-bond acceptors (Lipinski definition) is 2. The van der Waals surface area contributed by atoms with Crippen LogP contribution in [0, 0.1) is 0 Å². The van der Waals surface area contributed by atoms with Gasteiger partial charge in [0, 0.05) is 25.0 Å². The van der Waals surface area contributed by atoms with Crippen LogP contribution in [0.5, 0.6) is 0 Å². The number of aromatic nitrogens is 2. The fourth-order valence-electron chi connectivity index (χ4n) is 1.38. The van der Waals surface area contributed by atoms with Crippen molar-refractivity contribution in [3.63, 3.8) is 0 Å². The monoisotopic (exact) mass is 137 g/mol. The molecule has 1 aliphatic rings. The second-order valence-electron chi connectivity index (χ2n) is 2.66. The second kappa shape index (κ2) is 2.42.